The molecule has 0 saturated carbocycles. The molecule has 1 heterocycles. The van der Waals surface area contributed by atoms with Gasteiger partial charge in [-0.05, 0) is 44.4 Å². The van der Waals surface area contributed by atoms with Crippen molar-refractivity contribution in [3.63, 3.8) is 0 Å². The molecule has 1 fully saturated rings. The predicted octanol–water partition coefficient (Wildman–Crippen LogP) is 3.22. The fourth-order valence-electron chi connectivity index (χ4n) is 3.37. The van der Waals surface area contributed by atoms with E-state index in [4.69, 9.17) is 16.3 Å². The maximum absolute atomic E-state index is 11.1. The van der Waals surface area contributed by atoms with E-state index in [9.17, 15) is 4.79 Å². The zero-order valence-corrected chi connectivity index (χ0v) is 18.4. The molecule has 1 aromatic rings. The third-order valence-electron chi connectivity index (χ3n) is 4.89. The minimum absolute atomic E-state index is 0.148. The van der Waals surface area contributed by atoms with Gasteiger partial charge in [0.1, 0.15) is 5.75 Å². The summed E-state index contributed by atoms with van der Waals surface area (Å²) >= 11 is 6.18. The molecule has 0 aliphatic carbocycles. The average molecular weight is 425 g/mol. The summed E-state index contributed by atoms with van der Waals surface area (Å²) in [5.41, 5.74) is 1.02. The number of benzene rings is 1. The Kier molecular flexibility index (Phi) is 9.91. The molecule has 0 aromatic heterocycles. The molecule has 7 nitrogen and oxygen atoms in total. The van der Waals surface area contributed by atoms with Crippen molar-refractivity contribution in [1.82, 2.24) is 10.6 Å². The summed E-state index contributed by atoms with van der Waals surface area (Å²) in [6.07, 6.45) is 4.24. The van der Waals surface area contributed by atoms with E-state index in [1.807, 2.05) is 18.2 Å². The summed E-state index contributed by atoms with van der Waals surface area (Å²) in [6, 6.07) is 6.01. The van der Waals surface area contributed by atoms with Crippen LogP contribution in [0.4, 0.5) is 5.69 Å². The van der Waals surface area contributed by atoms with Crippen LogP contribution in [0.3, 0.4) is 0 Å². The van der Waals surface area contributed by atoms with Crippen molar-refractivity contribution >= 4 is 29.2 Å². The van der Waals surface area contributed by atoms with Crippen molar-refractivity contribution in [2.45, 2.75) is 45.1 Å². The highest BCUT2D eigenvalue weighted by atomic mass is 35.5. The fourth-order valence-corrected chi connectivity index (χ4v) is 3.54. The van der Waals surface area contributed by atoms with Gasteiger partial charge in [0.25, 0.3) is 0 Å². The summed E-state index contributed by atoms with van der Waals surface area (Å²) in [6.45, 7) is 5.40. The molecular formula is C21H33ClN4O3. The van der Waals surface area contributed by atoms with Gasteiger partial charge in [-0.15, -0.1) is 0 Å². The molecule has 1 aliphatic heterocycles. The summed E-state index contributed by atoms with van der Waals surface area (Å²) in [5.74, 6) is 1.53. The second-order valence-corrected chi connectivity index (χ2v) is 7.48. The smallest absolute Gasteiger partial charge is 0.305 e. The summed E-state index contributed by atoms with van der Waals surface area (Å²) < 4.78 is 10.1. The molecule has 1 aliphatic rings. The van der Waals surface area contributed by atoms with Gasteiger partial charge in [0, 0.05) is 43.7 Å². The Morgan fingerprint density at radius 3 is 2.86 bits per heavy atom. The molecule has 1 unspecified atom stereocenters. The van der Waals surface area contributed by atoms with E-state index in [2.05, 4.69) is 32.2 Å². The largest absolute Gasteiger partial charge is 0.495 e. The number of halogens is 1. The van der Waals surface area contributed by atoms with Gasteiger partial charge in [0.2, 0.25) is 0 Å². The standard InChI is InChI=1S/C21H33ClN4O3/c1-4-23-21(24-12-7-5-6-8-20(27)29-3)25-17-11-13-26(15-17)18-14-16(22)9-10-19(18)28-2/h9-10,14,17H,4-8,11-13,15H2,1-3H3,(H2,23,24,25). The molecule has 1 saturated heterocycles. The highest BCUT2D eigenvalue weighted by Gasteiger charge is 2.25. The number of ether oxygens (including phenoxy) is 2. The van der Waals surface area contributed by atoms with Crippen LogP contribution in [0.15, 0.2) is 23.2 Å². The normalized spacial score (nSPS) is 16.6. The van der Waals surface area contributed by atoms with Crippen molar-refractivity contribution < 1.29 is 14.3 Å². The maximum atomic E-state index is 11.1. The molecule has 1 atom stereocenters. The van der Waals surface area contributed by atoms with Crippen molar-refractivity contribution in [1.29, 1.82) is 0 Å². The van der Waals surface area contributed by atoms with Gasteiger partial charge < -0.3 is 25.0 Å². The molecule has 8 heteroatoms. The second kappa shape index (κ2) is 12.4. The molecule has 2 rings (SSSR count). The highest BCUT2D eigenvalue weighted by Crippen LogP contribution is 2.33. The van der Waals surface area contributed by atoms with Gasteiger partial charge in [0.05, 0.1) is 19.9 Å². The van der Waals surface area contributed by atoms with Crippen LogP contribution in [0.25, 0.3) is 0 Å². The highest BCUT2D eigenvalue weighted by molar-refractivity contribution is 6.30. The predicted molar refractivity (Wildman–Crippen MR) is 118 cm³/mol. The third kappa shape index (κ3) is 7.65. The first kappa shape index (κ1) is 23.1. The minimum Gasteiger partial charge on any atom is -0.495 e. The van der Waals surface area contributed by atoms with E-state index < -0.39 is 0 Å². The number of nitrogens with zero attached hydrogens (tertiary/aromatic N) is 2. The van der Waals surface area contributed by atoms with E-state index in [0.717, 1.165) is 69.3 Å². The monoisotopic (exact) mass is 424 g/mol. The molecule has 0 radical (unpaired) electrons. The number of rotatable bonds is 10. The van der Waals surface area contributed by atoms with Crippen LogP contribution >= 0.6 is 11.6 Å². The topological polar surface area (TPSA) is 75.2 Å². The number of esters is 1. The van der Waals surface area contributed by atoms with Crippen LogP contribution in [0.5, 0.6) is 5.75 Å². The lowest BCUT2D eigenvalue weighted by Gasteiger charge is -2.22. The first-order valence-corrected chi connectivity index (χ1v) is 10.6. The number of aliphatic imine (C=N–C) groups is 1. The lowest BCUT2D eigenvalue weighted by molar-refractivity contribution is -0.140. The van der Waals surface area contributed by atoms with E-state index >= 15 is 0 Å². The molecule has 162 valence electrons. The quantitative estimate of drug-likeness (QED) is 0.260. The average Bonchev–Trinajstić information content (AvgIpc) is 3.18. The number of guanidine groups is 1. The van der Waals surface area contributed by atoms with Gasteiger partial charge in [-0.1, -0.05) is 18.0 Å². The molecular weight excluding hydrogens is 392 g/mol. The molecule has 0 amide bonds. The van der Waals surface area contributed by atoms with Crippen LogP contribution in [-0.2, 0) is 9.53 Å². The molecule has 29 heavy (non-hydrogen) atoms. The fraction of sp³-hybridized carbons (Fsp3) is 0.619. The van der Waals surface area contributed by atoms with E-state index in [-0.39, 0.29) is 5.97 Å². The van der Waals surface area contributed by atoms with Crippen molar-refractivity contribution in [2.24, 2.45) is 4.99 Å². The number of unbranched alkanes of at least 4 members (excludes halogenated alkanes) is 2. The number of anilines is 1. The first-order chi connectivity index (χ1) is 14.1. The number of hydrogen-bond donors (Lipinski definition) is 2. The van der Waals surface area contributed by atoms with Crippen LogP contribution in [0.2, 0.25) is 5.02 Å². The van der Waals surface area contributed by atoms with Crippen molar-refractivity contribution in [3.05, 3.63) is 23.2 Å². The van der Waals surface area contributed by atoms with Crippen LogP contribution in [-0.4, -0.2) is 58.4 Å². The Morgan fingerprint density at radius 1 is 1.31 bits per heavy atom. The van der Waals surface area contributed by atoms with Crippen LogP contribution in [0, 0.1) is 0 Å². The zero-order chi connectivity index (χ0) is 21.1. The molecule has 2 N–H and O–H groups in total. The summed E-state index contributed by atoms with van der Waals surface area (Å²) in [7, 11) is 3.10. The molecule has 0 bridgehead atoms. The lowest BCUT2D eigenvalue weighted by atomic mass is 10.2. The Labute approximate surface area is 178 Å². The zero-order valence-electron chi connectivity index (χ0n) is 17.7. The van der Waals surface area contributed by atoms with Gasteiger partial charge >= 0.3 is 5.97 Å². The Balaban J connectivity index is 1.83. The number of carbonyl (C=O) groups excluding carboxylic acids is 1. The Bertz CT molecular complexity index is 684. The van der Waals surface area contributed by atoms with Crippen molar-refractivity contribution in [2.75, 3.05) is 45.3 Å². The SMILES string of the molecule is CCNC(=NCCCCCC(=O)OC)NC1CCN(c2cc(Cl)ccc2OC)C1. The van der Waals surface area contributed by atoms with Gasteiger partial charge in [-0.2, -0.15) is 0 Å². The van der Waals surface area contributed by atoms with E-state index in [0.29, 0.717) is 17.5 Å². The van der Waals surface area contributed by atoms with Crippen LogP contribution in [0.1, 0.15) is 39.0 Å². The number of carbonyl (C=O) groups is 1. The Morgan fingerprint density at radius 2 is 2.14 bits per heavy atom. The van der Waals surface area contributed by atoms with E-state index in [1.165, 1.54) is 7.11 Å². The van der Waals surface area contributed by atoms with Crippen molar-refractivity contribution in [3.8, 4) is 5.75 Å². The third-order valence-corrected chi connectivity index (χ3v) is 5.13. The van der Waals surface area contributed by atoms with Gasteiger partial charge in [-0.25, -0.2) is 0 Å². The minimum atomic E-state index is -0.148. The molecule has 1 aromatic carbocycles. The van der Waals surface area contributed by atoms with Gasteiger partial charge in [-0.3, -0.25) is 9.79 Å². The first-order valence-electron chi connectivity index (χ1n) is 10.3. The maximum Gasteiger partial charge on any atom is 0.305 e. The number of hydrogen-bond acceptors (Lipinski definition) is 5. The molecule has 0 spiro atoms. The number of nitrogens with one attached hydrogen (secondary N) is 2. The van der Waals surface area contributed by atoms with Crippen LogP contribution < -0.4 is 20.3 Å². The lowest BCUT2D eigenvalue weighted by Crippen LogP contribution is -2.44. The van der Waals surface area contributed by atoms with Gasteiger partial charge in [0.15, 0.2) is 5.96 Å². The second-order valence-electron chi connectivity index (χ2n) is 7.04. The van der Waals surface area contributed by atoms with E-state index in [1.54, 1.807) is 7.11 Å². The summed E-state index contributed by atoms with van der Waals surface area (Å²) in [5, 5.41) is 7.56. The summed E-state index contributed by atoms with van der Waals surface area (Å²) in [4.78, 5) is 18.1. The number of methoxy groups -OCH3 is 2. The Hall–Kier alpha value is -2.15.